The zero-order valence-corrected chi connectivity index (χ0v) is 21.8. The first-order chi connectivity index (χ1) is 16.7. The van der Waals surface area contributed by atoms with Crippen LogP contribution in [0.2, 0.25) is 0 Å². The Hall–Kier alpha value is -2.48. The molecule has 0 N–H and O–H groups in total. The van der Waals surface area contributed by atoms with E-state index in [4.69, 9.17) is 0 Å². The molecule has 1 aliphatic heterocycles. The quantitative estimate of drug-likeness (QED) is 0.188. The number of allylic oxidation sites excluding steroid dienone is 2. The van der Waals surface area contributed by atoms with Gasteiger partial charge in [0.25, 0.3) is 0 Å². The fraction of sp³-hybridized carbons (Fsp3) is 0.500. The number of hydrogen-bond donors (Lipinski definition) is 0. The zero-order valence-electron chi connectivity index (χ0n) is 21.8. The van der Waals surface area contributed by atoms with Gasteiger partial charge in [-0.1, -0.05) is 90.0 Å². The van der Waals surface area contributed by atoms with Crippen LogP contribution in [-0.4, -0.2) is 4.70 Å². The molecule has 2 heteroatoms. The number of unbranched alkanes of at least 4 members (excludes halogenated alkanes) is 7. The predicted molar refractivity (Wildman–Crippen MR) is 147 cm³/mol. The van der Waals surface area contributed by atoms with Crippen LogP contribution in [0.5, 0.6) is 0 Å². The van der Waals surface area contributed by atoms with E-state index in [0.717, 1.165) is 54.6 Å². The van der Waals surface area contributed by atoms with Gasteiger partial charge in [0.2, 0.25) is 11.4 Å². The number of benzene rings is 2. The molecule has 0 fully saturated rings. The van der Waals surface area contributed by atoms with Gasteiger partial charge in [0, 0.05) is 22.8 Å². The molecule has 1 heterocycles. The first-order valence-corrected chi connectivity index (χ1v) is 13.8. The Morgan fingerprint density at radius 1 is 0.618 bits per heavy atom. The summed E-state index contributed by atoms with van der Waals surface area (Å²) in [7, 11) is 0. The molecule has 0 unspecified atom stereocenters. The van der Waals surface area contributed by atoms with Crippen LogP contribution in [0.3, 0.4) is 0 Å². The van der Waals surface area contributed by atoms with Gasteiger partial charge in [0.1, 0.15) is 0 Å². The molecular formula is C32H44N2. The minimum atomic E-state index is 0.903. The molecule has 0 saturated carbocycles. The van der Waals surface area contributed by atoms with Crippen molar-refractivity contribution in [1.29, 1.82) is 0 Å². The molecule has 0 aromatic heterocycles. The maximum absolute atomic E-state index is 11.3. The van der Waals surface area contributed by atoms with Crippen LogP contribution in [0.15, 0.2) is 60.2 Å². The highest BCUT2D eigenvalue weighted by Gasteiger charge is 2.28. The average molecular weight is 457 g/mol. The van der Waals surface area contributed by atoms with E-state index in [1.165, 1.54) is 72.8 Å². The van der Waals surface area contributed by atoms with E-state index in [9.17, 15) is 5.53 Å². The lowest BCUT2D eigenvalue weighted by Gasteiger charge is -2.11. The van der Waals surface area contributed by atoms with Gasteiger partial charge < -0.3 is 5.53 Å². The Kier molecular flexibility index (Phi) is 10.8. The second-order valence-corrected chi connectivity index (χ2v) is 9.84. The van der Waals surface area contributed by atoms with Gasteiger partial charge in [0.05, 0.1) is 0 Å². The normalized spacial score (nSPS) is 13.6. The molecule has 0 radical (unpaired) electrons. The van der Waals surface area contributed by atoms with Crippen molar-refractivity contribution in [2.24, 2.45) is 0 Å². The highest BCUT2D eigenvalue weighted by Crippen LogP contribution is 2.37. The second-order valence-electron chi connectivity index (χ2n) is 9.84. The average Bonchev–Trinajstić information content (AvgIpc) is 3.19. The van der Waals surface area contributed by atoms with Crippen molar-refractivity contribution >= 4 is 11.4 Å². The molecular weight excluding hydrogens is 412 g/mol. The van der Waals surface area contributed by atoms with Crippen molar-refractivity contribution in [1.82, 2.24) is 0 Å². The molecule has 2 aromatic rings. The van der Waals surface area contributed by atoms with E-state index in [0.29, 0.717) is 0 Å². The fourth-order valence-electron chi connectivity index (χ4n) is 4.85. The molecule has 0 saturated heterocycles. The van der Waals surface area contributed by atoms with Crippen molar-refractivity contribution in [3.8, 4) is 0 Å². The van der Waals surface area contributed by atoms with Crippen molar-refractivity contribution in [2.75, 3.05) is 0 Å². The number of hydrogen-bond acceptors (Lipinski definition) is 0. The van der Waals surface area contributed by atoms with Crippen molar-refractivity contribution in [2.45, 2.75) is 104 Å². The lowest BCUT2D eigenvalue weighted by atomic mass is 10.00. The summed E-state index contributed by atoms with van der Waals surface area (Å²) in [6.45, 7) is 6.74. The van der Waals surface area contributed by atoms with Crippen LogP contribution < -0.4 is 0 Å². The van der Waals surface area contributed by atoms with E-state index < -0.39 is 0 Å². The van der Waals surface area contributed by atoms with Crippen LogP contribution in [0.4, 0.5) is 0 Å². The van der Waals surface area contributed by atoms with Crippen LogP contribution in [0, 0.1) is 0 Å². The molecule has 182 valence electrons. The van der Waals surface area contributed by atoms with Gasteiger partial charge in [-0.2, -0.15) is 0 Å². The van der Waals surface area contributed by atoms with E-state index >= 15 is 0 Å². The largest absolute Gasteiger partial charge is 0.493 e. The van der Waals surface area contributed by atoms with E-state index in [-0.39, 0.29) is 0 Å². The Bertz CT molecular complexity index is 978. The van der Waals surface area contributed by atoms with Crippen LogP contribution >= 0.6 is 0 Å². The second kappa shape index (κ2) is 14.0. The molecule has 34 heavy (non-hydrogen) atoms. The molecule has 0 spiro atoms. The van der Waals surface area contributed by atoms with Gasteiger partial charge in [-0.25, -0.2) is 4.70 Å². The van der Waals surface area contributed by atoms with E-state index in [1.54, 1.807) is 0 Å². The molecule has 3 rings (SSSR count). The molecule has 1 aliphatic rings. The summed E-state index contributed by atoms with van der Waals surface area (Å²) in [4.78, 5) is 0. The van der Waals surface area contributed by atoms with Crippen LogP contribution in [0.1, 0.15) is 114 Å². The lowest BCUT2D eigenvalue weighted by Crippen LogP contribution is -2.03. The summed E-state index contributed by atoms with van der Waals surface area (Å²) in [5, 5.41) is 0. The maximum Gasteiger partial charge on any atom is 0.210 e. The molecule has 0 amide bonds. The Labute approximate surface area is 208 Å². The van der Waals surface area contributed by atoms with E-state index in [1.807, 2.05) is 0 Å². The monoisotopic (exact) mass is 456 g/mol. The first kappa shape index (κ1) is 26.1. The minimum absolute atomic E-state index is 0.903. The first-order valence-electron chi connectivity index (χ1n) is 13.8. The van der Waals surface area contributed by atoms with Gasteiger partial charge in [0.15, 0.2) is 0 Å². The highest BCUT2D eigenvalue weighted by molar-refractivity contribution is 5.78. The van der Waals surface area contributed by atoms with E-state index in [2.05, 4.69) is 75.4 Å². The number of aryl methyl sites for hydroxylation is 2. The molecule has 0 atom stereocenters. The summed E-state index contributed by atoms with van der Waals surface area (Å²) in [5.74, 6) is 0. The predicted octanol–water partition coefficient (Wildman–Crippen LogP) is 9.92. The Morgan fingerprint density at radius 2 is 1.26 bits per heavy atom. The van der Waals surface area contributed by atoms with Crippen LogP contribution in [-0.2, 0) is 12.8 Å². The smallest absolute Gasteiger partial charge is 0.210 e. The summed E-state index contributed by atoms with van der Waals surface area (Å²) in [6.07, 6.45) is 18.0. The topological polar surface area (TPSA) is 25.3 Å². The van der Waals surface area contributed by atoms with Gasteiger partial charge >= 0.3 is 0 Å². The van der Waals surface area contributed by atoms with Gasteiger partial charge in [-0.3, -0.25) is 0 Å². The summed E-state index contributed by atoms with van der Waals surface area (Å²) in [5.41, 5.74) is 19.4. The third kappa shape index (κ3) is 7.26. The summed E-state index contributed by atoms with van der Waals surface area (Å²) < 4.78 is 1.44. The molecule has 2 nitrogen and oxygen atoms in total. The molecule has 2 aromatic carbocycles. The Morgan fingerprint density at radius 3 is 1.91 bits per heavy atom. The molecule has 0 aliphatic carbocycles. The maximum atomic E-state index is 11.3. The fourth-order valence-corrected chi connectivity index (χ4v) is 4.85. The summed E-state index contributed by atoms with van der Waals surface area (Å²) in [6, 6.07) is 17.6. The highest BCUT2D eigenvalue weighted by atomic mass is 15.2. The van der Waals surface area contributed by atoms with Crippen molar-refractivity contribution < 1.29 is 4.70 Å². The zero-order chi connectivity index (χ0) is 24.2. The number of nitrogens with zero attached hydrogens (tertiary/aromatic N) is 2. The van der Waals surface area contributed by atoms with Gasteiger partial charge in [-0.05, 0) is 73.9 Å². The van der Waals surface area contributed by atoms with Crippen molar-refractivity contribution in [3.63, 3.8) is 0 Å². The third-order valence-corrected chi connectivity index (χ3v) is 6.94. The minimum Gasteiger partial charge on any atom is -0.493 e. The van der Waals surface area contributed by atoms with Gasteiger partial charge in [-0.15, -0.1) is 0 Å². The SMILES string of the molecule is CCCCCCc1ccc(C2=C(CCCC)C=C(c3cccc(CCCCCC)c3)[N+]2=[N-])cc1. The lowest BCUT2D eigenvalue weighted by molar-refractivity contribution is -0.344. The Balaban J connectivity index is 1.77. The van der Waals surface area contributed by atoms with Crippen LogP contribution in [0.25, 0.3) is 16.9 Å². The molecule has 0 bridgehead atoms. The number of rotatable bonds is 15. The van der Waals surface area contributed by atoms with Crippen molar-refractivity contribution in [3.05, 3.63) is 88.0 Å². The summed E-state index contributed by atoms with van der Waals surface area (Å²) >= 11 is 0. The standard InChI is InChI=1S/C32H44N2/c1-4-7-10-12-15-26-20-22-28(23-21-26)32-30(18-9-6-3)25-31(34(32)33)29-19-14-17-27(24-29)16-13-11-8-5-2/h14,17,19-25H,4-13,15-16,18H2,1-3H3. The third-order valence-electron chi connectivity index (χ3n) is 6.94.